The summed E-state index contributed by atoms with van der Waals surface area (Å²) in [6, 6.07) is 7.49. The first-order chi connectivity index (χ1) is 10.1. The van der Waals surface area contributed by atoms with Crippen molar-refractivity contribution >= 4 is 17.5 Å². The molecule has 4 unspecified atom stereocenters. The number of nitrogens with one attached hydrogen (secondary N) is 1. The SMILES string of the molecule is O=C(NC1CCOC1c1ccc(Cl)cc1)C1CCCC1O. The summed E-state index contributed by atoms with van der Waals surface area (Å²) >= 11 is 5.90. The van der Waals surface area contributed by atoms with Crippen molar-refractivity contribution in [1.82, 2.24) is 5.32 Å². The fraction of sp³-hybridized carbons (Fsp3) is 0.562. The second kappa shape index (κ2) is 6.34. The third-order valence-electron chi connectivity index (χ3n) is 4.43. The molecule has 1 aromatic rings. The van der Waals surface area contributed by atoms with Gasteiger partial charge in [0.2, 0.25) is 5.91 Å². The number of amides is 1. The lowest BCUT2D eigenvalue weighted by Crippen LogP contribution is -2.42. The number of carbonyl (C=O) groups is 1. The van der Waals surface area contributed by atoms with Gasteiger partial charge in [-0.3, -0.25) is 4.79 Å². The summed E-state index contributed by atoms with van der Waals surface area (Å²) in [6.07, 6.45) is 2.57. The van der Waals surface area contributed by atoms with E-state index in [4.69, 9.17) is 16.3 Å². The molecule has 0 radical (unpaired) electrons. The summed E-state index contributed by atoms with van der Waals surface area (Å²) < 4.78 is 5.76. The second-order valence-electron chi connectivity index (χ2n) is 5.85. The van der Waals surface area contributed by atoms with Gasteiger partial charge in [0, 0.05) is 11.6 Å². The number of hydrogen-bond donors (Lipinski definition) is 2. The number of hydrogen-bond acceptors (Lipinski definition) is 3. The Labute approximate surface area is 129 Å². The van der Waals surface area contributed by atoms with Crippen LogP contribution in [0.5, 0.6) is 0 Å². The standard InChI is InChI=1S/C16H20ClNO3/c17-11-6-4-10(5-7-11)15-13(8-9-21-15)18-16(20)12-2-1-3-14(12)19/h4-7,12-15,19H,1-3,8-9H2,(H,18,20). The van der Waals surface area contributed by atoms with Gasteiger partial charge in [0.1, 0.15) is 6.10 Å². The maximum Gasteiger partial charge on any atom is 0.226 e. The van der Waals surface area contributed by atoms with Gasteiger partial charge in [-0.05, 0) is 43.4 Å². The first-order valence-corrected chi connectivity index (χ1v) is 7.88. The molecule has 4 nitrogen and oxygen atoms in total. The Morgan fingerprint density at radius 2 is 2.00 bits per heavy atom. The van der Waals surface area contributed by atoms with Gasteiger partial charge in [-0.2, -0.15) is 0 Å². The molecule has 5 heteroatoms. The molecular weight excluding hydrogens is 290 g/mol. The molecule has 4 atom stereocenters. The number of benzene rings is 1. The zero-order valence-corrected chi connectivity index (χ0v) is 12.6. The molecule has 114 valence electrons. The summed E-state index contributed by atoms with van der Waals surface area (Å²) in [6.45, 7) is 0.630. The number of aliphatic hydroxyl groups excluding tert-OH is 1. The molecule has 1 aromatic carbocycles. The molecule has 2 aliphatic rings. The van der Waals surface area contributed by atoms with E-state index >= 15 is 0 Å². The van der Waals surface area contributed by atoms with E-state index in [0.717, 1.165) is 31.2 Å². The van der Waals surface area contributed by atoms with Gasteiger partial charge >= 0.3 is 0 Å². The van der Waals surface area contributed by atoms with Gasteiger partial charge in [-0.1, -0.05) is 23.7 Å². The Morgan fingerprint density at radius 3 is 2.67 bits per heavy atom. The van der Waals surface area contributed by atoms with Crippen LogP contribution in [0.25, 0.3) is 0 Å². The molecular formula is C16H20ClNO3. The van der Waals surface area contributed by atoms with Gasteiger partial charge in [-0.25, -0.2) is 0 Å². The minimum Gasteiger partial charge on any atom is -0.392 e. The molecule has 1 amide bonds. The molecule has 0 spiro atoms. The van der Waals surface area contributed by atoms with E-state index in [-0.39, 0.29) is 24.0 Å². The van der Waals surface area contributed by atoms with E-state index in [0.29, 0.717) is 11.6 Å². The normalized spacial score (nSPS) is 32.3. The molecule has 1 aliphatic heterocycles. The molecule has 1 saturated heterocycles. The molecule has 0 aromatic heterocycles. The zero-order chi connectivity index (χ0) is 14.8. The predicted octanol–water partition coefficient (Wildman–Crippen LogP) is 2.45. The lowest BCUT2D eigenvalue weighted by atomic mass is 10.00. The third-order valence-corrected chi connectivity index (χ3v) is 4.69. The summed E-state index contributed by atoms with van der Waals surface area (Å²) in [4.78, 5) is 12.3. The molecule has 2 N–H and O–H groups in total. The summed E-state index contributed by atoms with van der Waals surface area (Å²) in [5, 5.41) is 13.6. The number of aliphatic hydroxyl groups is 1. The van der Waals surface area contributed by atoms with Crippen molar-refractivity contribution in [1.29, 1.82) is 0 Å². The first kappa shape index (κ1) is 14.8. The monoisotopic (exact) mass is 309 g/mol. The number of rotatable bonds is 3. The third kappa shape index (κ3) is 3.23. The van der Waals surface area contributed by atoms with Crippen LogP contribution in [-0.4, -0.2) is 29.8 Å². The highest BCUT2D eigenvalue weighted by Crippen LogP contribution is 2.31. The molecule has 21 heavy (non-hydrogen) atoms. The van der Waals surface area contributed by atoms with E-state index in [1.165, 1.54) is 0 Å². The van der Waals surface area contributed by atoms with Crippen LogP contribution in [-0.2, 0) is 9.53 Å². The van der Waals surface area contributed by atoms with Gasteiger partial charge in [0.25, 0.3) is 0 Å². The fourth-order valence-corrected chi connectivity index (χ4v) is 3.38. The van der Waals surface area contributed by atoms with Gasteiger partial charge in [0.05, 0.1) is 18.1 Å². The van der Waals surface area contributed by atoms with Crippen LogP contribution in [0, 0.1) is 5.92 Å². The average Bonchev–Trinajstić information content (AvgIpc) is 3.09. The number of halogens is 1. The zero-order valence-electron chi connectivity index (χ0n) is 11.8. The van der Waals surface area contributed by atoms with Crippen LogP contribution in [0.3, 0.4) is 0 Å². The van der Waals surface area contributed by atoms with Gasteiger partial charge in [-0.15, -0.1) is 0 Å². The lowest BCUT2D eigenvalue weighted by molar-refractivity contribution is -0.128. The van der Waals surface area contributed by atoms with Crippen molar-refractivity contribution in [2.75, 3.05) is 6.61 Å². The Kier molecular flexibility index (Phi) is 4.48. The van der Waals surface area contributed by atoms with E-state index in [1.54, 1.807) is 0 Å². The Balaban J connectivity index is 1.66. The van der Waals surface area contributed by atoms with Crippen LogP contribution >= 0.6 is 11.6 Å². The van der Waals surface area contributed by atoms with Gasteiger partial charge in [0.15, 0.2) is 0 Å². The molecule has 2 fully saturated rings. The van der Waals surface area contributed by atoms with Crippen molar-refractivity contribution < 1.29 is 14.6 Å². The minimum absolute atomic E-state index is 0.0357. The number of ether oxygens (including phenoxy) is 1. The molecule has 1 aliphatic carbocycles. The molecule has 0 bridgehead atoms. The Bertz CT molecular complexity index is 505. The molecule has 3 rings (SSSR count). The largest absolute Gasteiger partial charge is 0.392 e. The van der Waals surface area contributed by atoms with E-state index in [2.05, 4.69) is 5.32 Å². The first-order valence-electron chi connectivity index (χ1n) is 7.50. The smallest absolute Gasteiger partial charge is 0.226 e. The summed E-state index contributed by atoms with van der Waals surface area (Å²) in [5.41, 5.74) is 1.02. The van der Waals surface area contributed by atoms with E-state index < -0.39 is 6.10 Å². The highest BCUT2D eigenvalue weighted by molar-refractivity contribution is 6.30. The fourth-order valence-electron chi connectivity index (χ4n) is 3.25. The maximum atomic E-state index is 12.3. The van der Waals surface area contributed by atoms with Crippen LogP contribution in [0.15, 0.2) is 24.3 Å². The molecule has 1 saturated carbocycles. The van der Waals surface area contributed by atoms with Crippen LogP contribution in [0.4, 0.5) is 0 Å². The highest BCUT2D eigenvalue weighted by Gasteiger charge is 2.36. The average molecular weight is 310 g/mol. The van der Waals surface area contributed by atoms with Crippen LogP contribution in [0.1, 0.15) is 37.4 Å². The molecule has 1 heterocycles. The number of carbonyl (C=O) groups excluding carboxylic acids is 1. The van der Waals surface area contributed by atoms with Crippen molar-refractivity contribution in [3.8, 4) is 0 Å². The Hall–Kier alpha value is -1.10. The van der Waals surface area contributed by atoms with Crippen LogP contribution < -0.4 is 5.32 Å². The van der Waals surface area contributed by atoms with Crippen molar-refractivity contribution in [3.05, 3.63) is 34.9 Å². The highest BCUT2D eigenvalue weighted by atomic mass is 35.5. The van der Waals surface area contributed by atoms with Crippen molar-refractivity contribution in [3.63, 3.8) is 0 Å². The van der Waals surface area contributed by atoms with E-state index in [9.17, 15) is 9.90 Å². The minimum atomic E-state index is -0.499. The summed E-state index contributed by atoms with van der Waals surface area (Å²) in [7, 11) is 0. The predicted molar refractivity (Wildman–Crippen MR) is 80.0 cm³/mol. The lowest BCUT2D eigenvalue weighted by Gasteiger charge is -2.23. The topological polar surface area (TPSA) is 58.6 Å². The van der Waals surface area contributed by atoms with Crippen molar-refractivity contribution in [2.24, 2.45) is 5.92 Å². The van der Waals surface area contributed by atoms with Crippen LogP contribution in [0.2, 0.25) is 5.02 Å². The second-order valence-corrected chi connectivity index (χ2v) is 6.29. The Morgan fingerprint density at radius 1 is 1.24 bits per heavy atom. The summed E-state index contributed by atoms with van der Waals surface area (Å²) in [5.74, 6) is -0.314. The maximum absolute atomic E-state index is 12.3. The van der Waals surface area contributed by atoms with Gasteiger partial charge < -0.3 is 15.2 Å². The van der Waals surface area contributed by atoms with E-state index in [1.807, 2.05) is 24.3 Å². The quantitative estimate of drug-likeness (QED) is 0.901. The van der Waals surface area contributed by atoms with Crippen molar-refractivity contribution in [2.45, 2.75) is 43.9 Å².